The highest BCUT2D eigenvalue weighted by Gasteiger charge is 2.22. The summed E-state index contributed by atoms with van der Waals surface area (Å²) in [5, 5.41) is 52.3. The average Bonchev–Trinajstić information content (AvgIpc) is 3.04. The van der Waals surface area contributed by atoms with Gasteiger partial charge in [-0.2, -0.15) is 16.8 Å². The van der Waals surface area contributed by atoms with Gasteiger partial charge in [-0.25, -0.2) is 5.26 Å². The fourth-order valence-corrected chi connectivity index (χ4v) is 6.64. The Morgan fingerprint density at radius 3 is 2.08 bits per heavy atom. The highest BCUT2D eigenvalue weighted by atomic mass is 32.2. The summed E-state index contributed by atoms with van der Waals surface area (Å²) in [5.74, 6) is -1.03. The molecular weight excluding hydrogens is 703 g/mol. The molecule has 0 fully saturated rings. The maximum Gasteiger partial charge on any atom is 0.296 e. The molecule has 0 saturated heterocycles. The van der Waals surface area contributed by atoms with Crippen molar-refractivity contribution in [2.75, 3.05) is 5.73 Å². The third-order valence-corrected chi connectivity index (χ3v) is 9.46. The number of aromatic hydroxyl groups is 2. The van der Waals surface area contributed by atoms with E-state index < -0.39 is 47.2 Å². The van der Waals surface area contributed by atoms with Crippen molar-refractivity contribution in [2.24, 2.45) is 20.5 Å². The van der Waals surface area contributed by atoms with Gasteiger partial charge < -0.3 is 15.9 Å². The van der Waals surface area contributed by atoms with Crippen LogP contribution >= 0.6 is 12.0 Å². The molecule has 19 heteroatoms. The van der Waals surface area contributed by atoms with E-state index in [1.165, 1.54) is 48.5 Å². The monoisotopic (exact) mass is 723 g/mol. The van der Waals surface area contributed by atoms with Gasteiger partial charge in [-0.05, 0) is 71.4 Å². The van der Waals surface area contributed by atoms with Gasteiger partial charge in [-0.15, -0.1) is 24.8 Å². The molecule has 0 bridgehead atoms. The second-order valence-electron chi connectivity index (χ2n) is 10.3. The summed E-state index contributed by atoms with van der Waals surface area (Å²) in [4.78, 5) is -0.809. The van der Waals surface area contributed by atoms with Crippen molar-refractivity contribution in [3.8, 4) is 11.5 Å². The van der Waals surface area contributed by atoms with E-state index >= 15 is 0 Å². The van der Waals surface area contributed by atoms with Gasteiger partial charge in [0, 0.05) is 32.8 Å². The number of hydrogen-bond donors (Lipinski definition) is 6. The number of anilines is 1. The van der Waals surface area contributed by atoms with Gasteiger partial charge in [0.05, 0.1) is 39.4 Å². The average molecular weight is 724 g/mol. The number of nitrogens with zero attached hydrogens (tertiary/aromatic N) is 4. The molecule has 49 heavy (non-hydrogen) atoms. The molecule has 0 aliphatic heterocycles. The van der Waals surface area contributed by atoms with E-state index in [1.807, 2.05) is 0 Å². The van der Waals surface area contributed by atoms with E-state index in [-0.39, 0.29) is 38.6 Å². The lowest BCUT2D eigenvalue weighted by molar-refractivity contribution is -0.432. The lowest BCUT2D eigenvalue weighted by Crippen LogP contribution is -1.99. The number of nitrogens with two attached hydrogens (primary N) is 1. The molecule has 6 rings (SSSR count). The van der Waals surface area contributed by atoms with Crippen LogP contribution in [0.25, 0.3) is 32.3 Å². The van der Waals surface area contributed by atoms with Crippen LogP contribution in [0, 0.1) is 0 Å². The number of phenolic OH excluding ortho intramolecular Hbond substituents is 2. The minimum atomic E-state index is -4.89. The lowest BCUT2D eigenvalue weighted by atomic mass is 10.1. The summed E-state index contributed by atoms with van der Waals surface area (Å²) in [6, 6.07) is 19.8. The third-order valence-electron chi connectivity index (χ3n) is 7.18. The predicted molar refractivity (Wildman–Crippen MR) is 178 cm³/mol. The summed E-state index contributed by atoms with van der Waals surface area (Å²) < 4.78 is 71.7. The van der Waals surface area contributed by atoms with Crippen LogP contribution in [0.5, 0.6) is 11.5 Å². The summed E-state index contributed by atoms with van der Waals surface area (Å²) in [7, 11) is -9.49. The van der Waals surface area contributed by atoms with Gasteiger partial charge in [0.15, 0.2) is 5.75 Å². The molecule has 6 aromatic carbocycles. The van der Waals surface area contributed by atoms with Gasteiger partial charge in [0.2, 0.25) is 0 Å². The number of phenols is 2. The van der Waals surface area contributed by atoms with Crippen molar-refractivity contribution >= 4 is 93.0 Å². The molecular formula is C30H21N5O11S3. The Balaban J connectivity index is 1.48. The summed E-state index contributed by atoms with van der Waals surface area (Å²) in [5.41, 5.74) is 6.14. The second-order valence-corrected chi connectivity index (χ2v) is 13.8. The Morgan fingerprint density at radius 2 is 1.37 bits per heavy atom. The zero-order chi connectivity index (χ0) is 35.1. The largest absolute Gasteiger partial charge is 0.507 e. The number of benzene rings is 6. The van der Waals surface area contributed by atoms with E-state index in [2.05, 4.69) is 29.8 Å². The number of rotatable bonds is 9. The van der Waals surface area contributed by atoms with Gasteiger partial charge in [-0.1, -0.05) is 23.2 Å². The molecule has 7 N–H and O–H groups in total. The number of nitrogen functional groups attached to an aromatic ring is 1. The molecule has 0 spiro atoms. The second kappa shape index (κ2) is 13.0. The Hall–Kier alpha value is -5.25. The quantitative estimate of drug-likeness (QED) is 0.0207. The minimum Gasteiger partial charge on any atom is -0.507 e. The summed E-state index contributed by atoms with van der Waals surface area (Å²) in [6.45, 7) is 0. The van der Waals surface area contributed by atoms with Crippen LogP contribution in [0.3, 0.4) is 0 Å². The van der Waals surface area contributed by atoms with Gasteiger partial charge in [-0.3, -0.25) is 9.11 Å². The third kappa shape index (κ3) is 6.86. The van der Waals surface area contributed by atoms with E-state index in [1.54, 1.807) is 24.3 Å². The Morgan fingerprint density at radius 1 is 0.673 bits per heavy atom. The Kier molecular flexibility index (Phi) is 8.92. The van der Waals surface area contributed by atoms with Crippen molar-refractivity contribution < 1.29 is 50.8 Å². The molecule has 6 aromatic rings. The van der Waals surface area contributed by atoms with Crippen LogP contribution in [-0.4, -0.2) is 41.4 Å². The van der Waals surface area contributed by atoms with E-state index in [0.29, 0.717) is 33.4 Å². The fraction of sp³-hybridized carbons (Fsp3) is 0. The molecule has 0 aromatic heterocycles. The van der Waals surface area contributed by atoms with Gasteiger partial charge in [0.1, 0.15) is 16.3 Å². The molecule has 0 unspecified atom stereocenters. The van der Waals surface area contributed by atoms with Crippen LogP contribution in [0.4, 0.5) is 28.4 Å². The molecule has 0 aliphatic rings. The highest BCUT2D eigenvalue weighted by molar-refractivity contribution is 7.94. The molecule has 0 amide bonds. The Labute approximate surface area is 280 Å². The molecule has 0 heterocycles. The Bertz CT molecular complexity index is 2600. The van der Waals surface area contributed by atoms with E-state index in [0.717, 1.165) is 12.1 Å². The first-order chi connectivity index (χ1) is 23.2. The van der Waals surface area contributed by atoms with E-state index in [4.69, 9.17) is 11.0 Å². The molecule has 0 atom stereocenters. The van der Waals surface area contributed by atoms with Gasteiger partial charge >= 0.3 is 0 Å². The van der Waals surface area contributed by atoms with Crippen molar-refractivity contribution in [3.63, 3.8) is 0 Å². The minimum absolute atomic E-state index is 0.139. The first-order valence-electron chi connectivity index (χ1n) is 13.6. The standard InChI is InChI=1S/C30H21N5O11S3/c31-17-4-6-20-16(10-17)12-27(49(42,43)44)29(30(20)37)35-33-24-9-8-23(21-7-5-18(13-22(21)24)47-46-45-38)32-34-25-3-1-2-15-11-19(48(39,40)41)14-26(36)28(15)25/h1-14,36-38H,31H2,(H,39,40,41)(H,42,43,44). The van der Waals surface area contributed by atoms with Crippen LogP contribution < -0.4 is 5.73 Å². The summed E-state index contributed by atoms with van der Waals surface area (Å²) in [6.07, 6.45) is 0. The van der Waals surface area contributed by atoms with Gasteiger partial charge in [0.25, 0.3) is 20.2 Å². The topological polar surface area (TPSA) is 263 Å². The number of hydrogen-bond acceptors (Lipinski definition) is 15. The van der Waals surface area contributed by atoms with Crippen LogP contribution in [0.2, 0.25) is 0 Å². The molecule has 16 nitrogen and oxygen atoms in total. The number of fused-ring (bicyclic) bond motifs is 3. The van der Waals surface area contributed by atoms with E-state index in [9.17, 15) is 36.2 Å². The normalized spacial score (nSPS) is 12.6. The zero-order valence-electron chi connectivity index (χ0n) is 24.4. The number of azo groups is 2. The van der Waals surface area contributed by atoms with Crippen molar-refractivity contribution in [3.05, 3.63) is 84.9 Å². The molecule has 0 aliphatic carbocycles. The molecule has 0 radical (unpaired) electrons. The highest BCUT2D eigenvalue weighted by Crippen LogP contribution is 2.44. The van der Waals surface area contributed by atoms with Crippen LogP contribution in [-0.2, 0) is 29.6 Å². The van der Waals surface area contributed by atoms with Crippen LogP contribution in [0.1, 0.15) is 0 Å². The lowest BCUT2D eigenvalue weighted by Gasteiger charge is -2.10. The first-order valence-corrected chi connectivity index (χ1v) is 17.2. The maximum atomic E-state index is 12.3. The van der Waals surface area contributed by atoms with Crippen molar-refractivity contribution in [1.29, 1.82) is 0 Å². The van der Waals surface area contributed by atoms with Crippen molar-refractivity contribution in [2.45, 2.75) is 14.7 Å². The summed E-state index contributed by atoms with van der Waals surface area (Å²) >= 11 is 0.642. The first kappa shape index (κ1) is 33.6. The smallest absolute Gasteiger partial charge is 0.296 e. The maximum absolute atomic E-state index is 12.3. The molecule has 250 valence electrons. The van der Waals surface area contributed by atoms with Crippen LogP contribution in [0.15, 0.2) is 120 Å². The predicted octanol–water partition coefficient (Wildman–Crippen LogP) is 7.89. The van der Waals surface area contributed by atoms with Crippen molar-refractivity contribution in [1.82, 2.24) is 0 Å². The fourth-order valence-electron chi connectivity index (χ4n) is 5.04. The zero-order valence-corrected chi connectivity index (χ0v) is 26.8. The molecule has 0 saturated carbocycles. The SMILES string of the molecule is Nc1ccc2c(O)c(N=Nc3ccc(N=Nc4cccc5cc(S(=O)(=O)O)cc(O)c45)c4ccc(SOOO)cc34)c(S(=O)(=O)O)cc2c1.